The molecule has 0 radical (unpaired) electrons. The molecule has 13 heteroatoms. The second-order valence-corrected chi connectivity index (χ2v) is 9.63. The Labute approximate surface area is 234 Å². The van der Waals surface area contributed by atoms with Crippen LogP contribution in [0.3, 0.4) is 0 Å². The average molecular weight is 567 g/mol. The molecule has 5 atom stereocenters. The van der Waals surface area contributed by atoms with Crippen LogP contribution in [0.5, 0.6) is 5.75 Å². The molecule has 0 aliphatic heterocycles. The van der Waals surface area contributed by atoms with Gasteiger partial charge in [0.15, 0.2) is 0 Å². The van der Waals surface area contributed by atoms with E-state index in [0.717, 1.165) is 0 Å². The van der Waals surface area contributed by atoms with Crippen LogP contribution in [0.4, 0.5) is 0 Å². The van der Waals surface area contributed by atoms with Gasteiger partial charge in [0.25, 0.3) is 0 Å². The molecule has 214 valence electrons. The number of hydrogen-bond donors (Lipinski definition) is 5. The highest BCUT2D eigenvalue weighted by atomic mass is 32.1. The quantitative estimate of drug-likeness (QED) is 0.0805. The summed E-state index contributed by atoms with van der Waals surface area (Å²) in [6.45, 7) is 5.97. The minimum absolute atomic E-state index is 0.122. The van der Waals surface area contributed by atoms with Crippen molar-refractivity contribution in [3.05, 3.63) is 29.8 Å². The molecule has 0 heterocycles. The number of thiol groups is 1. The third kappa shape index (κ3) is 12.6. The zero-order valence-electron chi connectivity index (χ0n) is 23.3. The van der Waals surface area contributed by atoms with E-state index >= 15 is 0 Å². The first kappa shape index (κ1) is 31.5. The molecule has 0 saturated heterocycles. The fourth-order valence-corrected chi connectivity index (χ4v) is 3.22. The van der Waals surface area contributed by atoms with Gasteiger partial charge in [0, 0.05) is 19.3 Å². The summed E-state index contributed by atoms with van der Waals surface area (Å²) in [5, 5.41) is 9.17. The number of esters is 1. The molecular weight excluding hydrogens is 528 g/mol. The summed E-state index contributed by atoms with van der Waals surface area (Å²) in [7, 11) is 0. The van der Waals surface area contributed by atoms with Crippen molar-refractivity contribution in [3.63, 3.8) is 0 Å². The van der Waals surface area contributed by atoms with Gasteiger partial charge in [-0.15, -0.1) is 0 Å². The molecule has 39 heavy (non-hydrogen) atoms. The smallest absolute Gasteiger partial charge is 0.311 e. The number of carbonyl (C=O) groups is 7. The number of carbonyl (C=O) groups excluding carboxylic acids is 7. The van der Waals surface area contributed by atoms with E-state index in [9.17, 15) is 33.6 Å². The summed E-state index contributed by atoms with van der Waals surface area (Å²) in [5.41, 5.74) is 0.647. The van der Waals surface area contributed by atoms with Crippen molar-refractivity contribution < 1.29 is 39.7 Å². The van der Waals surface area contributed by atoms with E-state index in [1.165, 1.54) is 32.9 Å². The first-order valence-electron chi connectivity index (χ1n) is 12.9. The summed E-state index contributed by atoms with van der Waals surface area (Å²) < 4.78 is 12.4. The first-order valence-corrected chi connectivity index (χ1v) is 12.9. The van der Waals surface area contributed by atoms with Crippen molar-refractivity contribution >= 4 is 54.8 Å². The number of benzene rings is 1. The van der Waals surface area contributed by atoms with Crippen LogP contribution in [0.25, 0.3) is 0 Å². The Morgan fingerprint density at radius 3 is 2.03 bits per heavy atom. The lowest BCUT2D eigenvalue weighted by Gasteiger charge is -2.20. The number of aldehydes is 2. The highest BCUT2D eigenvalue weighted by molar-refractivity contribution is 7.81. The van der Waals surface area contributed by atoms with E-state index in [0.29, 0.717) is 11.8 Å². The van der Waals surface area contributed by atoms with Crippen molar-refractivity contribution in [2.45, 2.75) is 82.8 Å². The molecular formula is C26H36N4O8S. The van der Waals surface area contributed by atoms with Gasteiger partial charge in [-0.1, -0.05) is 19.1 Å². The molecule has 1 aromatic carbocycles. The zero-order chi connectivity index (χ0) is 30.4. The van der Waals surface area contributed by atoms with Crippen molar-refractivity contribution in [1.82, 2.24) is 21.3 Å². The standard InChI is InChI=1S/C26H36N4O8S/c1-5-22(33)29-21(26(37)28-16(3)14-32)12-18-6-8-19(9-7-18)38-23(34)11-10-20(30-24(35)17(4)39)25(36)27-15(2)13-31/h6-9,13-17,20-21,39H,5,10-12H2,1-4H3,(H,27,36)(H,28,37)(H,29,33)(H,30,35)/i13T. The van der Waals surface area contributed by atoms with Crippen molar-refractivity contribution in [3.8, 4) is 5.75 Å². The van der Waals surface area contributed by atoms with Gasteiger partial charge in [-0.3, -0.25) is 24.0 Å². The normalized spacial score (nSPS) is 14.7. The molecule has 0 aliphatic carbocycles. The topological polar surface area (TPSA) is 177 Å². The van der Waals surface area contributed by atoms with Gasteiger partial charge in [0.1, 0.15) is 31.8 Å². The summed E-state index contributed by atoms with van der Waals surface area (Å²) in [6.07, 6.45) is -0.549. The van der Waals surface area contributed by atoms with Crippen LogP contribution in [0.2, 0.25) is 0 Å². The van der Waals surface area contributed by atoms with Gasteiger partial charge >= 0.3 is 5.97 Å². The Morgan fingerprint density at radius 1 is 0.897 bits per heavy atom. The van der Waals surface area contributed by atoms with Crippen LogP contribution >= 0.6 is 12.6 Å². The third-order valence-electron chi connectivity index (χ3n) is 5.33. The van der Waals surface area contributed by atoms with E-state index in [1.807, 2.05) is 0 Å². The Kier molecular flexibility index (Phi) is 13.7. The fourth-order valence-electron chi connectivity index (χ4n) is 3.14. The van der Waals surface area contributed by atoms with Crippen molar-refractivity contribution in [2.24, 2.45) is 0 Å². The number of hydrogen-bond acceptors (Lipinski definition) is 9. The average Bonchev–Trinajstić information content (AvgIpc) is 2.90. The molecule has 4 N–H and O–H groups in total. The molecule has 12 nitrogen and oxygen atoms in total. The minimum Gasteiger partial charge on any atom is -0.427 e. The summed E-state index contributed by atoms with van der Waals surface area (Å²) >= 11 is 4.02. The summed E-state index contributed by atoms with van der Waals surface area (Å²) in [4.78, 5) is 83.4. The largest absolute Gasteiger partial charge is 0.427 e. The summed E-state index contributed by atoms with van der Waals surface area (Å²) in [5.74, 6) is -2.65. The van der Waals surface area contributed by atoms with Crippen molar-refractivity contribution in [1.29, 1.82) is 0 Å². The first-order chi connectivity index (χ1) is 18.8. The highest BCUT2D eigenvalue weighted by Gasteiger charge is 2.25. The molecule has 0 fully saturated rings. The second-order valence-electron chi connectivity index (χ2n) is 8.85. The molecule has 0 spiro atoms. The molecule has 0 saturated carbocycles. The van der Waals surface area contributed by atoms with Gasteiger partial charge < -0.3 is 35.6 Å². The monoisotopic (exact) mass is 566 g/mol. The predicted octanol–water partition coefficient (Wildman–Crippen LogP) is 0.0198. The van der Waals surface area contributed by atoms with Gasteiger partial charge in [0.2, 0.25) is 23.6 Å². The second kappa shape index (κ2) is 17.0. The van der Waals surface area contributed by atoms with Gasteiger partial charge in [-0.05, 0) is 44.9 Å². The van der Waals surface area contributed by atoms with E-state index in [4.69, 9.17) is 6.11 Å². The number of amides is 4. The maximum absolute atomic E-state index is 12.5. The number of ether oxygens (including phenoxy) is 1. The van der Waals surface area contributed by atoms with E-state index < -0.39 is 59.4 Å². The Balaban J connectivity index is 2.83. The molecule has 1 rings (SSSR count). The van der Waals surface area contributed by atoms with Crippen LogP contribution in [0.15, 0.2) is 24.3 Å². The Bertz CT molecular complexity index is 1080. The lowest BCUT2D eigenvalue weighted by atomic mass is 10.0. The lowest BCUT2D eigenvalue weighted by Crippen LogP contribution is -2.51. The zero-order valence-corrected chi connectivity index (χ0v) is 23.2. The SMILES string of the molecule is [3H]C(=O)C(C)NC(=O)C(CCC(=O)Oc1ccc(CC(NC(=O)CC)C(=O)NC(C)C=O)cc1)NC(=O)C(C)S. The van der Waals surface area contributed by atoms with Gasteiger partial charge in [-0.2, -0.15) is 12.6 Å². The maximum atomic E-state index is 12.5. The predicted molar refractivity (Wildman–Crippen MR) is 145 cm³/mol. The number of nitrogens with one attached hydrogen (secondary N) is 4. The van der Waals surface area contributed by atoms with Gasteiger partial charge in [0.05, 0.1) is 17.3 Å². The maximum Gasteiger partial charge on any atom is 0.311 e. The van der Waals surface area contributed by atoms with Crippen LogP contribution in [0, 0.1) is 0 Å². The Hall–Kier alpha value is -3.74. The molecule has 0 bridgehead atoms. The highest BCUT2D eigenvalue weighted by Crippen LogP contribution is 2.15. The van der Waals surface area contributed by atoms with E-state index in [-0.39, 0.29) is 37.3 Å². The molecule has 0 aliphatic rings. The molecule has 4 amide bonds. The van der Waals surface area contributed by atoms with Crippen LogP contribution in [-0.2, 0) is 40.0 Å². The number of rotatable bonds is 16. The van der Waals surface area contributed by atoms with Crippen LogP contribution in [-0.4, -0.2) is 71.6 Å². The minimum atomic E-state index is -1.16. The third-order valence-corrected chi connectivity index (χ3v) is 5.56. The van der Waals surface area contributed by atoms with E-state index in [1.54, 1.807) is 19.1 Å². The molecule has 0 aromatic heterocycles. The summed E-state index contributed by atoms with van der Waals surface area (Å²) in [6, 6.07) is 2.29. The molecule has 5 unspecified atom stereocenters. The Morgan fingerprint density at radius 2 is 1.49 bits per heavy atom. The van der Waals surface area contributed by atoms with Gasteiger partial charge in [-0.25, -0.2) is 0 Å². The molecule has 1 aromatic rings. The van der Waals surface area contributed by atoms with Crippen LogP contribution < -0.4 is 26.0 Å². The lowest BCUT2D eigenvalue weighted by molar-refractivity contribution is -0.135. The van der Waals surface area contributed by atoms with Crippen molar-refractivity contribution in [2.75, 3.05) is 0 Å². The van der Waals surface area contributed by atoms with E-state index in [2.05, 4.69) is 33.9 Å². The fraction of sp³-hybridized carbons (Fsp3) is 0.500. The van der Waals surface area contributed by atoms with Crippen LogP contribution in [0.1, 0.15) is 53.9 Å².